The van der Waals surface area contributed by atoms with Crippen LogP contribution >= 0.6 is 34.8 Å². The molecular formula is C13H13Cl3N2O2. The van der Waals surface area contributed by atoms with E-state index in [1.54, 1.807) is 23.6 Å². The quantitative estimate of drug-likeness (QED) is 0.629. The number of aromatic nitrogens is 2. The molecule has 0 saturated carbocycles. The van der Waals surface area contributed by atoms with Crippen molar-refractivity contribution in [3.05, 3.63) is 28.0 Å². The molecule has 2 rings (SSSR count). The normalized spacial score (nSPS) is 12.7. The van der Waals surface area contributed by atoms with Crippen molar-refractivity contribution in [2.75, 3.05) is 13.0 Å². The summed E-state index contributed by atoms with van der Waals surface area (Å²) in [6.45, 7) is 1.74. The molecule has 0 fully saturated rings. The number of imidazole rings is 1. The second-order valence-electron chi connectivity index (χ2n) is 4.29. The molecule has 0 aliphatic carbocycles. The van der Waals surface area contributed by atoms with Crippen LogP contribution < -0.4 is 0 Å². The lowest BCUT2D eigenvalue weighted by atomic mass is 10.2. The number of alkyl halides is 1. The van der Waals surface area contributed by atoms with Crippen LogP contribution in [0.4, 0.5) is 0 Å². The van der Waals surface area contributed by atoms with E-state index >= 15 is 0 Å². The number of hydrogen-bond donors (Lipinski definition) is 0. The first-order valence-corrected chi connectivity index (χ1v) is 7.28. The van der Waals surface area contributed by atoms with E-state index in [-0.39, 0.29) is 5.97 Å². The summed E-state index contributed by atoms with van der Waals surface area (Å²) in [5, 5.41) is 0.835. The molecule has 0 aliphatic rings. The van der Waals surface area contributed by atoms with E-state index in [4.69, 9.17) is 39.5 Å². The molecule has 4 nitrogen and oxygen atoms in total. The lowest BCUT2D eigenvalue weighted by molar-refractivity contribution is -0.143. The predicted octanol–water partition coefficient (Wildman–Crippen LogP) is 3.86. The number of ether oxygens (including phenoxy) is 1. The second kappa shape index (κ2) is 6.20. The standard InChI is InChI=1S/C13H13Cl3N2O2/c1-7(13(19)20-2)18-11-6-9(16)8(15)5-10(11)17-12(18)3-4-14/h5-7H,3-4H2,1-2H3. The van der Waals surface area contributed by atoms with Gasteiger partial charge in [-0.15, -0.1) is 11.6 Å². The first-order valence-electron chi connectivity index (χ1n) is 5.99. The Balaban J connectivity index is 2.67. The number of carbonyl (C=O) groups is 1. The van der Waals surface area contributed by atoms with E-state index in [1.807, 2.05) is 0 Å². The molecular weight excluding hydrogens is 323 g/mol. The minimum atomic E-state index is -0.513. The van der Waals surface area contributed by atoms with Crippen molar-refractivity contribution in [2.24, 2.45) is 0 Å². The van der Waals surface area contributed by atoms with Gasteiger partial charge in [-0.3, -0.25) is 0 Å². The van der Waals surface area contributed by atoms with Crippen LogP contribution in [-0.4, -0.2) is 28.5 Å². The number of methoxy groups -OCH3 is 1. The molecule has 0 spiro atoms. The van der Waals surface area contributed by atoms with Crippen LogP contribution in [-0.2, 0) is 16.0 Å². The lowest BCUT2D eigenvalue weighted by Gasteiger charge is -2.15. The van der Waals surface area contributed by atoms with Crippen molar-refractivity contribution >= 4 is 51.8 Å². The highest BCUT2D eigenvalue weighted by atomic mass is 35.5. The largest absolute Gasteiger partial charge is 0.467 e. The Bertz CT molecular complexity index is 655. The van der Waals surface area contributed by atoms with E-state index in [2.05, 4.69) is 4.98 Å². The summed E-state index contributed by atoms with van der Waals surface area (Å²) in [6.07, 6.45) is 0.535. The summed E-state index contributed by atoms with van der Waals surface area (Å²) in [4.78, 5) is 16.3. The first kappa shape index (κ1) is 15.4. The highest BCUT2D eigenvalue weighted by Gasteiger charge is 2.22. The van der Waals surface area contributed by atoms with Crippen molar-refractivity contribution in [1.82, 2.24) is 9.55 Å². The Labute approximate surface area is 131 Å². The van der Waals surface area contributed by atoms with Crippen LogP contribution in [0, 0.1) is 0 Å². The maximum Gasteiger partial charge on any atom is 0.328 e. The maximum atomic E-state index is 11.8. The third-order valence-corrected chi connectivity index (χ3v) is 3.96. The summed E-state index contributed by atoms with van der Waals surface area (Å²) in [7, 11) is 1.35. The van der Waals surface area contributed by atoms with E-state index < -0.39 is 6.04 Å². The van der Waals surface area contributed by atoms with Gasteiger partial charge in [0.2, 0.25) is 0 Å². The number of carbonyl (C=O) groups excluding carboxylic acids is 1. The zero-order valence-electron chi connectivity index (χ0n) is 11.0. The van der Waals surface area contributed by atoms with Gasteiger partial charge in [-0.05, 0) is 19.1 Å². The number of hydrogen-bond acceptors (Lipinski definition) is 3. The van der Waals surface area contributed by atoms with Gasteiger partial charge < -0.3 is 9.30 Å². The molecule has 1 heterocycles. The van der Waals surface area contributed by atoms with Gasteiger partial charge in [-0.25, -0.2) is 9.78 Å². The van der Waals surface area contributed by atoms with E-state index in [0.29, 0.717) is 33.7 Å². The summed E-state index contributed by atoms with van der Waals surface area (Å²) >= 11 is 17.8. The number of benzene rings is 1. The van der Waals surface area contributed by atoms with Crippen LogP contribution in [0.5, 0.6) is 0 Å². The third-order valence-electron chi connectivity index (χ3n) is 3.05. The zero-order valence-corrected chi connectivity index (χ0v) is 13.3. The highest BCUT2D eigenvalue weighted by Crippen LogP contribution is 2.30. The molecule has 0 saturated heterocycles. The van der Waals surface area contributed by atoms with Crippen molar-refractivity contribution in [2.45, 2.75) is 19.4 Å². The van der Waals surface area contributed by atoms with Crippen LogP contribution in [0.1, 0.15) is 18.8 Å². The maximum absolute atomic E-state index is 11.8. The fourth-order valence-corrected chi connectivity index (χ4v) is 2.59. The Kier molecular flexibility index (Phi) is 4.78. The van der Waals surface area contributed by atoms with Crippen LogP contribution in [0.15, 0.2) is 12.1 Å². The second-order valence-corrected chi connectivity index (χ2v) is 5.48. The molecule has 7 heteroatoms. The van der Waals surface area contributed by atoms with Crippen molar-refractivity contribution < 1.29 is 9.53 Å². The molecule has 1 aromatic carbocycles. The molecule has 0 amide bonds. The molecule has 1 unspecified atom stereocenters. The lowest BCUT2D eigenvalue weighted by Crippen LogP contribution is -2.20. The molecule has 20 heavy (non-hydrogen) atoms. The van der Waals surface area contributed by atoms with E-state index in [9.17, 15) is 4.79 Å². The van der Waals surface area contributed by atoms with Gasteiger partial charge in [0, 0.05) is 12.3 Å². The SMILES string of the molecule is COC(=O)C(C)n1c(CCCl)nc2cc(Cl)c(Cl)cc21. The first-order chi connectivity index (χ1) is 9.49. The molecule has 0 bridgehead atoms. The van der Waals surface area contributed by atoms with E-state index in [1.165, 1.54) is 7.11 Å². The Morgan fingerprint density at radius 2 is 2.05 bits per heavy atom. The topological polar surface area (TPSA) is 44.1 Å². The Morgan fingerprint density at radius 3 is 2.65 bits per heavy atom. The van der Waals surface area contributed by atoms with E-state index in [0.717, 1.165) is 5.52 Å². The number of esters is 1. The summed E-state index contributed by atoms with van der Waals surface area (Å²) < 4.78 is 6.58. The molecule has 1 atom stereocenters. The van der Waals surface area contributed by atoms with Crippen LogP contribution in [0.25, 0.3) is 11.0 Å². The molecule has 0 radical (unpaired) electrons. The number of rotatable bonds is 4. The van der Waals surface area contributed by atoms with Gasteiger partial charge in [-0.1, -0.05) is 23.2 Å². The van der Waals surface area contributed by atoms with Crippen LogP contribution in [0.3, 0.4) is 0 Å². The minimum Gasteiger partial charge on any atom is -0.467 e. The molecule has 0 aliphatic heterocycles. The molecule has 0 N–H and O–H groups in total. The smallest absolute Gasteiger partial charge is 0.328 e. The predicted molar refractivity (Wildman–Crippen MR) is 80.9 cm³/mol. The summed E-state index contributed by atoms with van der Waals surface area (Å²) in [5.41, 5.74) is 1.41. The fraction of sp³-hybridized carbons (Fsp3) is 0.385. The fourth-order valence-electron chi connectivity index (χ4n) is 2.11. The number of fused-ring (bicyclic) bond motifs is 1. The van der Waals surface area contributed by atoms with Gasteiger partial charge in [-0.2, -0.15) is 0 Å². The number of aryl methyl sites for hydroxylation is 1. The summed E-state index contributed by atoms with van der Waals surface area (Å²) in [5.74, 6) is 0.746. The Hall–Kier alpha value is -0.970. The van der Waals surface area contributed by atoms with Crippen molar-refractivity contribution in [3.8, 4) is 0 Å². The number of halogens is 3. The average molecular weight is 336 g/mol. The molecule has 2 aromatic rings. The van der Waals surface area contributed by atoms with Gasteiger partial charge in [0.05, 0.1) is 28.2 Å². The highest BCUT2D eigenvalue weighted by molar-refractivity contribution is 6.42. The van der Waals surface area contributed by atoms with Crippen molar-refractivity contribution in [1.29, 1.82) is 0 Å². The van der Waals surface area contributed by atoms with Gasteiger partial charge >= 0.3 is 5.97 Å². The monoisotopic (exact) mass is 334 g/mol. The van der Waals surface area contributed by atoms with Gasteiger partial charge in [0.1, 0.15) is 11.9 Å². The molecule has 108 valence electrons. The number of nitrogens with zero attached hydrogens (tertiary/aromatic N) is 2. The Morgan fingerprint density at radius 1 is 1.40 bits per heavy atom. The van der Waals surface area contributed by atoms with Crippen LogP contribution in [0.2, 0.25) is 10.0 Å². The average Bonchev–Trinajstić information content (AvgIpc) is 2.75. The third kappa shape index (κ3) is 2.73. The minimum absolute atomic E-state index is 0.355. The zero-order chi connectivity index (χ0) is 14.9. The van der Waals surface area contributed by atoms with Gasteiger partial charge in [0.15, 0.2) is 0 Å². The van der Waals surface area contributed by atoms with Gasteiger partial charge in [0.25, 0.3) is 0 Å². The summed E-state index contributed by atoms with van der Waals surface area (Å²) in [6, 6.07) is 2.86. The van der Waals surface area contributed by atoms with Crippen molar-refractivity contribution in [3.63, 3.8) is 0 Å². The molecule has 1 aromatic heterocycles.